The first-order valence-corrected chi connectivity index (χ1v) is 12.5. The molecular weight excluding hydrogens is 484 g/mol. The number of hydrogen-bond donors (Lipinski definition) is 4. The van der Waals surface area contributed by atoms with Crippen molar-refractivity contribution in [3.05, 3.63) is 41.9 Å². The summed E-state index contributed by atoms with van der Waals surface area (Å²) in [5.41, 5.74) is 6.99. The van der Waals surface area contributed by atoms with Crippen molar-refractivity contribution in [1.82, 2.24) is 40.4 Å². The van der Waals surface area contributed by atoms with Crippen LogP contribution >= 0.6 is 0 Å². The van der Waals surface area contributed by atoms with Gasteiger partial charge in [0.05, 0.1) is 23.3 Å². The van der Waals surface area contributed by atoms with Crippen LogP contribution in [0.25, 0.3) is 22.3 Å². The number of amides is 1. The number of H-pyrrole nitrogens is 1. The number of aromatic amines is 1. The van der Waals surface area contributed by atoms with E-state index >= 15 is 0 Å². The van der Waals surface area contributed by atoms with Gasteiger partial charge >= 0.3 is 0 Å². The van der Waals surface area contributed by atoms with Crippen molar-refractivity contribution >= 4 is 34.3 Å². The Morgan fingerprint density at radius 3 is 2.79 bits per heavy atom. The maximum absolute atomic E-state index is 13.2. The Bertz CT molecular complexity index is 1410. The Morgan fingerprint density at radius 1 is 1.21 bits per heavy atom. The first-order chi connectivity index (χ1) is 18.3. The Kier molecular flexibility index (Phi) is 6.87. The highest BCUT2D eigenvalue weighted by Gasteiger charge is 2.28. The van der Waals surface area contributed by atoms with E-state index in [4.69, 9.17) is 5.84 Å². The summed E-state index contributed by atoms with van der Waals surface area (Å²) in [5.74, 6) is 7.32. The lowest BCUT2D eigenvalue weighted by molar-refractivity contribution is -0.113. The maximum atomic E-state index is 13.2. The summed E-state index contributed by atoms with van der Waals surface area (Å²) in [6.07, 6.45) is 1.58. The second-order valence-electron chi connectivity index (χ2n) is 9.71. The van der Waals surface area contributed by atoms with Crippen molar-refractivity contribution < 1.29 is 4.79 Å². The second kappa shape index (κ2) is 10.3. The number of hydrazone groups is 1. The lowest BCUT2D eigenvalue weighted by Crippen LogP contribution is -2.52. The molecule has 2 aliphatic rings. The van der Waals surface area contributed by atoms with Crippen molar-refractivity contribution in [2.45, 2.75) is 19.9 Å². The van der Waals surface area contributed by atoms with E-state index in [1.165, 1.54) is 5.01 Å². The first-order valence-electron chi connectivity index (χ1n) is 12.5. The normalized spacial score (nSPS) is 20.0. The van der Waals surface area contributed by atoms with Crippen LogP contribution in [0.4, 0.5) is 11.5 Å². The molecule has 1 atom stereocenters. The molecule has 38 heavy (non-hydrogen) atoms. The van der Waals surface area contributed by atoms with E-state index in [0.29, 0.717) is 29.0 Å². The van der Waals surface area contributed by atoms with E-state index in [2.05, 4.69) is 59.8 Å². The van der Waals surface area contributed by atoms with Crippen LogP contribution in [0.2, 0.25) is 0 Å². The van der Waals surface area contributed by atoms with Crippen LogP contribution < -0.4 is 21.5 Å². The van der Waals surface area contributed by atoms with Gasteiger partial charge in [-0.05, 0) is 39.1 Å². The molecule has 1 unspecified atom stereocenters. The van der Waals surface area contributed by atoms with Crippen LogP contribution in [0.3, 0.4) is 0 Å². The smallest absolute Gasteiger partial charge is 0.255 e. The van der Waals surface area contributed by atoms with Gasteiger partial charge in [0.25, 0.3) is 5.91 Å². The number of fused-ring (bicyclic) bond motifs is 1. The van der Waals surface area contributed by atoms with E-state index in [1.54, 1.807) is 18.3 Å². The number of anilines is 2. The highest BCUT2D eigenvalue weighted by Crippen LogP contribution is 2.29. The van der Waals surface area contributed by atoms with Gasteiger partial charge in [0.15, 0.2) is 0 Å². The number of likely N-dealkylation sites (N-methyl/N-ethyl adjacent to an activating group) is 1. The van der Waals surface area contributed by atoms with Crippen molar-refractivity contribution in [3.8, 4) is 11.4 Å². The molecule has 13 heteroatoms. The SMILES string of the molecule is CN/N=C1\N(N)CC(C(=O)Nc2ccc3[nH]nc(-c4cc(N5CCN(C)C(C)C5)ncn4)c3c2)=C(C)N1C. The molecule has 0 radical (unpaired) electrons. The molecule has 13 nitrogen and oxygen atoms in total. The fraction of sp³-hybridized carbons (Fsp3) is 0.400. The minimum absolute atomic E-state index is 0.230. The van der Waals surface area contributed by atoms with Crippen molar-refractivity contribution in [1.29, 1.82) is 0 Å². The number of carbonyl (C=O) groups excluding carboxylic acids is 1. The number of nitrogens with one attached hydrogen (secondary N) is 3. The van der Waals surface area contributed by atoms with E-state index in [9.17, 15) is 4.79 Å². The monoisotopic (exact) mass is 518 g/mol. The molecule has 5 rings (SSSR count). The van der Waals surface area contributed by atoms with E-state index in [-0.39, 0.29) is 12.5 Å². The standard InChI is InChI=1S/C25H34N12O/c1-15-12-36(9-8-34(15)4)22-11-21(28-14-29-22)23-18-10-17(6-7-20(18)31-32-23)30-24(38)19-13-37(26)25(33-27-3)35(5)16(19)2/h6-7,10-11,14-15,27H,8-9,12-13,26H2,1-5H3,(H,30,38)(H,31,32)/b33-25-. The number of hydrazine groups is 1. The predicted molar refractivity (Wildman–Crippen MR) is 148 cm³/mol. The van der Waals surface area contributed by atoms with Gasteiger partial charge in [-0.15, -0.1) is 5.10 Å². The number of allylic oxidation sites excluding steroid dienone is 1. The van der Waals surface area contributed by atoms with Gasteiger partial charge in [-0.3, -0.25) is 14.9 Å². The van der Waals surface area contributed by atoms with Gasteiger partial charge in [-0.25, -0.2) is 15.8 Å². The van der Waals surface area contributed by atoms with Gasteiger partial charge in [0.2, 0.25) is 5.96 Å². The molecule has 2 aliphatic heterocycles. The van der Waals surface area contributed by atoms with Gasteiger partial charge in [-0.1, -0.05) is 0 Å². The highest BCUT2D eigenvalue weighted by atomic mass is 16.1. The van der Waals surface area contributed by atoms with E-state index in [0.717, 1.165) is 47.7 Å². The lowest BCUT2D eigenvalue weighted by atomic mass is 10.1. The number of nitrogens with two attached hydrogens (primary N) is 1. The summed E-state index contributed by atoms with van der Waals surface area (Å²) in [6, 6.07) is 8.06. The molecule has 0 spiro atoms. The van der Waals surface area contributed by atoms with Crippen LogP contribution in [0.5, 0.6) is 0 Å². The number of nitrogens with zero attached hydrogens (tertiary/aromatic N) is 8. The van der Waals surface area contributed by atoms with Crippen LogP contribution in [-0.4, -0.2) is 100 Å². The summed E-state index contributed by atoms with van der Waals surface area (Å²) in [7, 11) is 5.66. The van der Waals surface area contributed by atoms with Gasteiger partial charge in [0.1, 0.15) is 17.8 Å². The zero-order chi connectivity index (χ0) is 27.0. The van der Waals surface area contributed by atoms with Gasteiger partial charge in [0, 0.05) is 62.6 Å². The zero-order valence-electron chi connectivity index (χ0n) is 22.4. The molecule has 5 N–H and O–H groups in total. The number of aromatic nitrogens is 4. The summed E-state index contributed by atoms with van der Waals surface area (Å²) in [5, 5.41) is 17.1. The summed E-state index contributed by atoms with van der Waals surface area (Å²) in [6.45, 7) is 7.11. The average molecular weight is 519 g/mol. The van der Waals surface area contributed by atoms with Crippen molar-refractivity contribution in [3.63, 3.8) is 0 Å². The lowest BCUT2D eigenvalue weighted by Gasteiger charge is -2.38. The Morgan fingerprint density at radius 2 is 2.03 bits per heavy atom. The number of hydrogen-bond acceptors (Lipinski definition) is 9. The van der Waals surface area contributed by atoms with E-state index in [1.807, 2.05) is 38.2 Å². The Hall–Kier alpha value is -4.23. The summed E-state index contributed by atoms with van der Waals surface area (Å²) in [4.78, 5) is 28.7. The molecule has 0 aliphatic carbocycles. The summed E-state index contributed by atoms with van der Waals surface area (Å²) >= 11 is 0. The third-order valence-corrected chi connectivity index (χ3v) is 7.31. The quantitative estimate of drug-likeness (QED) is 0.285. The molecule has 4 heterocycles. The number of benzene rings is 1. The fourth-order valence-corrected chi connectivity index (χ4v) is 4.78. The number of carbonyl (C=O) groups is 1. The Labute approximate surface area is 221 Å². The minimum atomic E-state index is -0.230. The van der Waals surface area contributed by atoms with Crippen molar-refractivity contribution in [2.24, 2.45) is 10.9 Å². The van der Waals surface area contributed by atoms with Crippen LogP contribution in [0.1, 0.15) is 13.8 Å². The molecular formula is C25H34N12O. The number of rotatable bonds is 5. The largest absolute Gasteiger partial charge is 0.354 e. The molecule has 200 valence electrons. The summed E-state index contributed by atoms with van der Waals surface area (Å²) < 4.78 is 0. The average Bonchev–Trinajstić information content (AvgIpc) is 3.33. The first kappa shape index (κ1) is 25.4. The Balaban J connectivity index is 1.40. The van der Waals surface area contributed by atoms with Gasteiger partial charge in [-0.2, -0.15) is 5.10 Å². The fourth-order valence-electron chi connectivity index (χ4n) is 4.78. The number of guanidine groups is 1. The van der Waals surface area contributed by atoms with Crippen LogP contribution in [-0.2, 0) is 4.79 Å². The zero-order valence-corrected chi connectivity index (χ0v) is 22.4. The predicted octanol–water partition coefficient (Wildman–Crippen LogP) is 0.984. The molecule has 1 amide bonds. The highest BCUT2D eigenvalue weighted by molar-refractivity contribution is 6.07. The maximum Gasteiger partial charge on any atom is 0.255 e. The molecule has 0 saturated carbocycles. The van der Waals surface area contributed by atoms with Crippen LogP contribution in [0.15, 0.2) is 47.0 Å². The third kappa shape index (κ3) is 4.73. The van der Waals surface area contributed by atoms with Crippen LogP contribution in [0, 0.1) is 0 Å². The third-order valence-electron chi connectivity index (χ3n) is 7.31. The molecule has 1 saturated heterocycles. The van der Waals surface area contributed by atoms with Gasteiger partial charge < -0.3 is 25.4 Å². The minimum Gasteiger partial charge on any atom is -0.354 e. The topological polar surface area (TPSA) is 147 Å². The second-order valence-corrected chi connectivity index (χ2v) is 9.71. The number of piperazine rings is 1. The molecule has 0 bridgehead atoms. The van der Waals surface area contributed by atoms with E-state index < -0.39 is 0 Å². The molecule has 1 aromatic carbocycles. The molecule has 1 fully saturated rings. The molecule has 3 aromatic rings. The van der Waals surface area contributed by atoms with Crippen molar-refractivity contribution in [2.75, 3.05) is 57.5 Å². The molecule has 2 aromatic heterocycles.